The topological polar surface area (TPSA) is 119 Å². The van der Waals surface area contributed by atoms with E-state index in [1.807, 2.05) is 18.3 Å². The molecule has 3 amide bonds. The second-order valence-corrected chi connectivity index (χ2v) is 9.82. The zero-order chi connectivity index (χ0) is 23.3. The largest absolute Gasteiger partial charge is 0.390 e. The second kappa shape index (κ2) is 7.79. The first-order chi connectivity index (χ1) is 15.7. The summed E-state index contributed by atoms with van der Waals surface area (Å²) in [4.78, 5) is 43.7. The molecule has 0 aliphatic carbocycles. The highest BCUT2D eigenvalue weighted by Crippen LogP contribution is 2.31. The van der Waals surface area contributed by atoms with Crippen LogP contribution < -0.4 is 5.32 Å². The molecule has 2 atom stereocenters. The number of hydrogen-bond donors (Lipinski definition) is 1. The molecule has 172 valence electrons. The van der Waals surface area contributed by atoms with Gasteiger partial charge in [0, 0.05) is 35.9 Å². The first-order valence-electron chi connectivity index (χ1n) is 11.1. The molecule has 3 aliphatic rings. The number of imide groups is 1. The molecular formula is C23H26N6O4. The molecule has 1 fully saturated rings. The zero-order valence-electron chi connectivity index (χ0n) is 18.9. The van der Waals surface area contributed by atoms with Crippen molar-refractivity contribution in [2.24, 2.45) is 10.6 Å². The molecule has 10 nitrogen and oxygen atoms in total. The van der Waals surface area contributed by atoms with Crippen molar-refractivity contribution in [2.75, 3.05) is 0 Å². The summed E-state index contributed by atoms with van der Waals surface area (Å²) >= 11 is 0. The van der Waals surface area contributed by atoms with Crippen LogP contribution in [0.3, 0.4) is 0 Å². The Balaban J connectivity index is 1.28. The van der Waals surface area contributed by atoms with Gasteiger partial charge in [0.2, 0.25) is 11.8 Å². The van der Waals surface area contributed by atoms with E-state index in [-0.39, 0.29) is 29.8 Å². The lowest BCUT2D eigenvalue weighted by Gasteiger charge is -2.29. The summed E-state index contributed by atoms with van der Waals surface area (Å²) in [6.45, 7) is 7.22. The van der Waals surface area contributed by atoms with Gasteiger partial charge in [-0.25, -0.2) is 4.68 Å². The molecule has 0 saturated carbocycles. The van der Waals surface area contributed by atoms with Crippen LogP contribution in [0.4, 0.5) is 0 Å². The monoisotopic (exact) mass is 450 g/mol. The lowest BCUT2D eigenvalue weighted by atomic mass is 9.87. The number of nitrogens with one attached hydrogen (secondary N) is 1. The minimum Gasteiger partial charge on any atom is -0.390 e. The fourth-order valence-corrected chi connectivity index (χ4v) is 4.43. The number of aromatic nitrogens is 3. The minimum absolute atomic E-state index is 0.0220. The zero-order valence-corrected chi connectivity index (χ0v) is 18.9. The molecule has 1 saturated heterocycles. The summed E-state index contributed by atoms with van der Waals surface area (Å²) in [6, 6.07) is 4.90. The Morgan fingerprint density at radius 2 is 2.03 bits per heavy atom. The average molecular weight is 450 g/mol. The predicted molar refractivity (Wildman–Crippen MR) is 118 cm³/mol. The highest BCUT2D eigenvalue weighted by molar-refractivity contribution is 6.05. The maximum absolute atomic E-state index is 12.9. The lowest BCUT2D eigenvalue weighted by molar-refractivity contribution is -0.136. The van der Waals surface area contributed by atoms with Gasteiger partial charge in [-0.2, -0.15) is 0 Å². The molecule has 2 aromatic rings. The number of rotatable bonds is 4. The van der Waals surface area contributed by atoms with Crippen molar-refractivity contribution in [1.82, 2.24) is 25.2 Å². The van der Waals surface area contributed by atoms with E-state index in [2.05, 4.69) is 41.6 Å². The van der Waals surface area contributed by atoms with Gasteiger partial charge in [0.1, 0.15) is 11.7 Å². The summed E-state index contributed by atoms with van der Waals surface area (Å²) in [7, 11) is 0. The number of carbonyl (C=O) groups excluding carboxylic acids is 3. The van der Waals surface area contributed by atoms with Crippen LogP contribution in [0.2, 0.25) is 0 Å². The Bertz CT molecular complexity index is 1180. The van der Waals surface area contributed by atoms with Gasteiger partial charge in [-0.15, -0.1) is 5.10 Å². The molecule has 5 rings (SSSR count). The number of fused-ring (bicyclic) bond motifs is 1. The van der Waals surface area contributed by atoms with Crippen molar-refractivity contribution in [3.63, 3.8) is 0 Å². The molecule has 0 radical (unpaired) electrons. The minimum atomic E-state index is -0.626. The van der Waals surface area contributed by atoms with Crippen LogP contribution in [0.15, 0.2) is 29.6 Å². The van der Waals surface area contributed by atoms with E-state index >= 15 is 0 Å². The number of nitrogens with zero attached hydrogens (tertiary/aromatic N) is 5. The first kappa shape index (κ1) is 21.3. The van der Waals surface area contributed by atoms with Crippen LogP contribution in [-0.2, 0) is 27.5 Å². The number of piperidine rings is 1. The van der Waals surface area contributed by atoms with Crippen molar-refractivity contribution in [3.05, 3.63) is 35.5 Å². The third kappa shape index (κ3) is 4.01. The first-order valence-corrected chi connectivity index (χ1v) is 11.1. The molecular weight excluding hydrogens is 424 g/mol. The van der Waals surface area contributed by atoms with E-state index in [9.17, 15) is 14.4 Å². The van der Waals surface area contributed by atoms with Crippen molar-refractivity contribution in [2.45, 2.75) is 65.3 Å². The van der Waals surface area contributed by atoms with Gasteiger partial charge in [0.15, 0.2) is 6.10 Å². The average Bonchev–Trinajstić information content (AvgIpc) is 3.48. The van der Waals surface area contributed by atoms with Crippen molar-refractivity contribution in [1.29, 1.82) is 0 Å². The molecule has 4 heterocycles. The maximum Gasteiger partial charge on any atom is 0.255 e. The third-order valence-corrected chi connectivity index (χ3v) is 6.35. The van der Waals surface area contributed by atoms with Gasteiger partial charge in [-0.3, -0.25) is 19.7 Å². The highest BCUT2D eigenvalue weighted by atomic mass is 16.6. The predicted octanol–water partition coefficient (Wildman–Crippen LogP) is 1.90. The van der Waals surface area contributed by atoms with Gasteiger partial charge in [0.05, 0.1) is 18.5 Å². The normalized spacial score (nSPS) is 22.8. The van der Waals surface area contributed by atoms with Gasteiger partial charge in [0.25, 0.3) is 5.91 Å². The fourth-order valence-electron chi connectivity index (χ4n) is 4.43. The van der Waals surface area contributed by atoms with Crippen LogP contribution >= 0.6 is 0 Å². The number of amides is 3. The molecule has 2 unspecified atom stereocenters. The van der Waals surface area contributed by atoms with E-state index < -0.39 is 11.9 Å². The van der Waals surface area contributed by atoms with Gasteiger partial charge in [-0.05, 0) is 24.1 Å². The number of hydrogen-bond acceptors (Lipinski definition) is 7. The maximum atomic E-state index is 12.9. The smallest absolute Gasteiger partial charge is 0.255 e. The molecule has 33 heavy (non-hydrogen) atoms. The van der Waals surface area contributed by atoms with E-state index in [1.54, 1.807) is 10.7 Å². The molecule has 0 spiro atoms. The summed E-state index contributed by atoms with van der Waals surface area (Å²) in [5.74, 6) is -0.902. The molecule has 1 aromatic heterocycles. The molecule has 1 N–H and O–H groups in total. The van der Waals surface area contributed by atoms with Crippen LogP contribution in [-0.4, -0.2) is 55.5 Å². The number of benzene rings is 1. The molecule has 10 heteroatoms. The summed E-state index contributed by atoms with van der Waals surface area (Å²) in [5.41, 5.74) is 3.96. The van der Waals surface area contributed by atoms with E-state index in [0.29, 0.717) is 30.8 Å². The van der Waals surface area contributed by atoms with Gasteiger partial charge in [-0.1, -0.05) is 37.2 Å². The van der Waals surface area contributed by atoms with E-state index in [4.69, 9.17) is 4.84 Å². The molecule has 1 aromatic carbocycles. The molecule has 0 bridgehead atoms. The quantitative estimate of drug-likeness (QED) is 0.711. The fraction of sp³-hybridized carbons (Fsp3) is 0.478. The Morgan fingerprint density at radius 1 is 1.21 bits per heavy atom. The standard InChI is InChI=1S/C23H26N6O4/c1-23(2,3)19-9-15(33-26-19)11-28-12-17(25-27-28)13-4-5-16-14(8-13)10-29(22(16)32)18-6-7-20(30)24-21(18)31/h4-5,8,12,15,18H,6-7,9-11H2,1-3H3,(H,24,30,31). The summed E-state index contributed by atoms with van der Waals surface area (Å²) in [5, 5.41) is 15.1. The van der Waals surface area contributed by atoms with Gasteiger partial charge >= 0.3 is 0 Å². The Hall–Kier alpha value is -3.56. The summed E-state index contributed by atoms with van der Waals surface area (Å²) in [6.07, 6.45) is 3.12. The summed E-state index contributed by atoms with van der Waals surface area (Å²) < 4.78 is 1.75. The van der Waals surface area contributed by atoms with Crippen molar-refractivity contribution < 1.29 is 19.2 Å². The van der Waals surface area contributed by atoms with Crippen LogP contribution in [0, 0.1) is 5.41 Å². The lowest BCUT2D eigenvalue weighted by Crippen LogP contribution is -2.52. The van der Waals surface area contributed by atoms with Crippen molar-refractivity contribution in [3.8, 4) is 11.3 Å². The highest BCUT2D eigenvalue weighted by Gasteiger charge is 2.39. The Labute approximate surface area is 190 Å². The van der Waals surface area contributed by atoms with Gasteiger partial charge < -0.3 is 9.74 Å². The molecule has 3 aliphatic heterocycles. The Morgan fingerprint density at radius 3 is 2.76 bits per heavy atom. The third-order valence-electron chi connectivity index (χ3n) is 6.35. The second-order valence-electron chi connectivity index (χ2n) is 9.82. The van der Waals surface area contributed by atoms with Crippen molar-refractivity contribution >= 4 is 23.4 Å². The van der Waals surface area contributed by atoms with E-state index in [1.165, 1.54) is 4.90 Å². The SMILES string of the molecule is CC(C)(C)C1=NOC(Cn2cc(-c3ccc4c(c3)CN(C3CCC(=O)NC3=O)C4=O)nn2)C1. The number of carbonyl (C=O) groups is 3. The van der Waals surface area contributed by atoms with Crippen LogP contribution in [0.25, 0.3) is 11.3 Å². The van der Waals surface area contributed by atoms with Crippen LogP contribution in [0.5, 0.6) is 0 Å². The van der Waals surface area contributed by atoms with E-state index in [0.717, 1.165) is 23.3 Å². The Kier molecular flexibility index (Phi) is 5.02. The number of oxime groups is 1. The van der Waals surface area contributed by atoms with Crippen LogP contribution in [0.1, 0.15) is 56.0 Å².